The van der Waals surface area contributed by atoms with Crippen molar-refractivity contribution in [3.8, 4) is 0 Å². The minimum atomic E-state index is -1.95. The third-order valence-electron chi connectivity index (χ3n) is 19.5. The van der Waals surface area contributed by atoms with Crippen molar-refractivity contribution >= 4 is 0 Å². The van der Waals surface area contributed by atoms with E-state index in [-0.39, 0.29) is 35.7 Å². The quantitative estimate of drug-likeness (QED) is 0.102. The molecule has 1 spiro atoms. The molecule has 0 unspecified atom stereocenters. The lowest BCUT2D eigenvalue weighted by atomic mass is 9.46. The Morgan fingerprint density at radius 3 is 2.00 bits per heavy atom. The van der Waals surface area contributed by atoms with Crippen LogP contribution in [0.1, 0.15) is 86.0 Å². The van der Waals surface area contributed by atoms with E-state index in [1.54, 1.807) is 0 Å². The first-order valence-corrected chi connectivity index (χ1v) is 26.4. The van der Waals surface area contributed by atoms with E-state index < -0.39 is 160 Å². The number of ether oxygens (including phenoxy) is 10. The van der Waals surface area contributed by atoms with Crippen molar-refractivity contribution in [2.24, 2.45) is 46.3 Å². The molecule has 0 aromatic carbocycles. The fraction of sp³-hybridized carbons (Fsp3) is 0.960. The van der Waals surface area contributed by atoms with E-state index in [4.69, 9.17) is 47.4 Å². The zero-order chi connectivity index (χ0) is 51.5. The van der Waals surface area contributed by atoms with Crippen molar-refractivity contribution < 1.29 is 109 Å². The molecule has 3 saturated carbocycles. The highest BCUT2D eigenvalue weighted by atomic mass is 16.8. The van der Waals surface area contributed by atoms with Gasteiger partial charge >= 0.3 is 0 Å². The molecule has 12 N–H and O–H groups in total. The number of allylic oxidation sites excluding steroid dienone is 1. The topological polar surface area (TPSA) is 335 Å². The van der Waals surface area contributed by atoms with Crippen molar-refractivity contribution in [3.63, 3.8) is 0 Å². The average Bonchev–Trinajstić information content (AvgIpc) is 3.80. The van der Waals surface area contributed by atoms with Crippen LogP contribution in [0.25, 0.3) is 0 Å². The van der Waals surface area contributed by atoms with Crippen LogP contribution in [0.5, 0.6) is 0 Å². The molecule has 6 saturated heterocycles. The lowest BCUT2D eigenvalue weighted by Crippen LogP contribution is -2.68. The molecule has 0 aromatic rings. The Bertz CT molecular complexity index is 1910. The van der Waals surface area contributed by atoms with Crippen LogP contribution < -0.4 is 0 Å². The summed E-state index contributed by atoms with van der Waals surface area (Å²) in [5, 5.41) is 131. The zero-order valence-electron chi connectivity index (χ0n) is 41.7. The third-order valence-corrected chi connectivity index (χ3v) is 19.5. The first-order valence-electron chi connectivity index (χ1n) is 26.4. The first kappa shape index (κ1) is 54.2. The Morgan fingerprint density at radius 1 is 0.625 bits per heavy atom. The van der Waals surface area contributed by atoms with Crippen LogP contribution >= 0.6 is 0 Å². The predicted octanol–water partition coefficient (Wildman–Crippen LogP) is -2.35. The van der Waals surface area contributed by atoms with Gasteiger partial charge in [-0.1, -0.05) is 39.3 Å². The maximum absolute atomic E-state index is 12.0. The van der Waals surface area contributed by atoms with Crippen molar-refractivity contribution in [2.75, 3.05) is 26.4 Å². The van der Waals surface area contributed by atoms with Crippen molar-refractivity contribution in [1.82, 2.24) is 0 Å². The molecule has 0 radical (unpaired) electrons. The second-order valence-electron chi connectivity index (χ2n) is 23.5. The van der Waals surface area contributed by atoms with E-state index in [1.807, 2.05) is 0 Å². The van der Waals surface area contributed by atoms with Gasteiger partial charge in [0.25, 0.3) is 0 Å². The summed E-state index contributed by atoms with van der Waals surface area (Å²) in [4.78, 5) is 0. The van der Waals surface area contributed by atoms with Gasteiger partial charge < -0.3 is 109 Å². The SMILES string of the molecule is C[C@H]1CC[C@@]2(OC1)O[C@H]1C[C@H]3[C@@H]4CC=C5C[C@@H](O)C[C@@H](O[C@@H]6O[C@H](CO)[C@@H](O)[C@H](O[C@@H]7OC[C@@H](O)[C@H](O)[C@H]7O)[C@H]6O[C@@H]6O[C@@H](C)[C@H](O)[C@@H](O[C@@H]7O[C@H](CO)[C@@H](O)[C@H](O)[C@H]7O)[C@H]6O)[C@]5(C)[C@H]4CC[C@]3(C)[C@H]1[C@@H]2C. The van der Waals surface area contributed by atoms with Gasteiger partial charge in [0.15, 0.2) is 30.9 Å². The molecule has 22 heteroatoms. The second kappa shape index (κ2) is 20.6. The number of aliphatic hydroxyl groups excluding tert-OH is 12. The number of fused-ring (bicyclic) bond motifs is 7. The smallest absolute Gasteiger partial charge is 0.187 e. The van der Waals surface area contributed by atoms with Gasteiger partial charge in [-0.2, -0.15) is 0 Å². The van der Waals surface area contributed by atoms with Crippen molar-refractivity contribution in [2.45, 2.75) is 227 Å². The molecule has 412 valence electrons. The van der Waals surface area contributed by atoms with Gasteiger partial charge in [0.1, 0.15) is 85.5 Å². The number of rotatable bonds is 10. The summed E-state index contributed by atoms with van der Waals surface area (Å²) in [6.45, 7) is 9.25. The maximum Gasteiger partial charge on any atom is 0.187 e. The summed E-state index contributed by atoms with van der Waals surface area (Å²) in [6, 6.07) is 0. The molecule has 4 aliphatic carbocycles. The van der Waals surface area contributed by atoms with Gasteiger partial charge in [0, 0.05) is 24.2 Å². The highest BCUT2D eigenvalue weighted by molar-refractivity contribution is 5.29. The number of hydrogen-bond donors (Lipinski definition) is 12. The van der Waals surface area contributed by atoms with Crippen LogP contribution in [0.15, 0.2) is 11.6 Å². The van der Waals surface area contributed by atoms with Crippen LogP contribution in [0.4, 0.5) is 0 Å². The van der Waals surface area contributed by atoms with Gasteiger partial charge in [-0.05, 0) is 80.5 Å². The van der Waals surface area contributed by atoms with Crippen LogP contribution in [0.2, 0.25) is 0 Å². The Morgan fingerprint density at radius 2 is 1.29 bits per heavy atom. The lowest BCUT2D eigenvalue weighted by Gasteiger charge is -2.61. The van der Waals surface area contributed by atoms with E-state index in [9.17, 15) is 61.3 Å². The van der Waals surface area contributed by atoms with Gasteiger partial charge in [0.05, 0.1) is 50.8 Å². The van der Waals surface area contributed by atoms with Crippen LogP contribution in [0.3, 0.4) is 0 Å². The van der Waals surface area contributed by atoms with Gasteiger partial charge in [-0.25, -0.2) is 0 Å². The highest BCUT2D eigenvalue weighted by Gasteiger charge is 2.70. The molecule has 0 bridgehead atoms. The molecule has 9 fully saturated rings. The number of hydrogen-bond acceptors (Lipinski definition) is 22. The normalized spacial score (nSPS) is 57.8. The molecule has 10 rings (SSSR count). The van der Waals surface area contributed by atoms with Gasteiger partial charge in [0.2, 0.25) is 0 Å². The van der Waals surface area contributed by atoms with E-state index in [0.717, 1.165) is 44.1 Å². The average molecular weight is 1030 g/mol. The predicted molar refractivity (Wildman–Crippen MR) is 242 cm³/mol. The fourth-order valence-corrected chi connectivity index (χ4v) is 15.3. The Hall–Kier alpha value is -1.14. The molecule has 10 aliphatic rings. The molecule has 72 heavy (non-hydrogen) atoms. The third kappa shape index (κ3) is 8.99. The largest absolute Gasteiger partial charge is 0.394 e. The fourth-order valence-electron chi connectivity index (χ4n) is 15.3. The van der Waals surface area contributed by atoms with E-state index >= 15 is 0 Å². The molecular weight excluding hydrogens is 953 g/mol. The van der Waals surface area contributed by atoms with Crippen LogP contribution in [-0.4, -0.2) is 229 Å². The standard InChI is InChI=1S/C50H80O22/c1-19-8-11-50(64-17-19)20(2)32-28(72-50)14-26-24-7-6-22-12-23(53)13-31(49(22,5)25(24)9-10-48(26,32)4)68-47-43(42(36(58)30(16-52)67-47)70-44-38(60)34(56)27(54)18-63-44)71-46-40(62)41(33(55)21(3)65-46)69-45-39(61)37(59)35(57)29(15-51)66-45/h6,19-21,23-47,51-62H,7-18H2,1-5H3/t19-,20-,21-,23+,24+,25-,26-,27+,28-,29+,30+,31+,32-,33-,34-,35+,36+,37-,38+,39+,40+,41+,42-,43+,44-,45-,46-,47-,48-,49-,50+/m0/s1. The highest BCUT2D eigenvalue weighted by Crippen LogP contribution is 2.71. The molecule has 6 aliphatic heterocycles. The molecule has 0 amide bonds. The molecule has 31 atom stereocenters. The monoisotopic (exact) mass is 1030 g/mol. The van der Waals surface area contributed by atoms with E-state index in [1.165, 1.54) is 6.92 Å². The Kier molecular flexibility index (Phi) is 15.5. The van der Waals surface area contributed by atoms with Gasteiger partial charge in [-0.15, -0.1) is 0 Å². The van der Waals surface area contributed by atoms with E-state index in [2.05, 4.69) is 33.8 Å². The summed E-state index contributed by atoms with van der Waals surface area (Å²) in [7, 11) is 0. The number of aliphatic hydroxyl groups is 12. The summed E-state index contributed by atoms with van der Waals surface area (Å²) in [6.07, 6.45) is -24.9. The lowest BCUT2D eigenvalue weighted by molar-refractivity contribution is -0.401. The van der Waals surface area contributed by atoms with Gasteiger partial charge in [-0.3, -0.25) is 0 Å². The van der Waals surface area contributed by atoms with Crippen molar-refractivity contribution in [3.05, 3.63) is 11.6 Å². The molecule has 22 nitrogen and oxygen atoms in total. The molecule has 0 aromatic heterocycles. The maximum atomic E-state index is 12.0. The molecule has 6 heterocycles. The summed E-state index contributed by atoms with van der Waals surface area (Å²) < 4.78 is 63.0. The minimum absolute atomic E-state index is 0.0147. The summed E-state index contributed by atoms with van der Waals surface area (Å²) >= 11 is 0. The first-order chi connectivity index (χ1) is 34.1. The van der Waals surface area contributed by atoms with Crippen LogP contribution in [0, 0.1) is 46.3 Å². The van der Waals surface area contributed by atoms with Crippen LogP contribution in [-0.2, 0) is 47.4 Å². The van der Waals surface area contributed by atoms with Crippen molar-refractivity contribution in [1.29, 1.82) is 0 Å². The Labute approximate surface area is 419 Å². The summed E-state index contributed by atoms with van der Waals surface area (Å²) in [5.41, 5.74) is 0.342. The van der Waals surface area contributed by atoms with E-state index in [0.29, 0.717) is 30.8 Å². The minimum Gasteiger partial charge on any atom is -0.394 e. The molecular formula is C50H80O22. The zero-order valence-corrected chi connectivity index (χ0v) is 41.7. The summed E-state index contributed by atoms with van der Waals surface area (Å²) in [5.74, 6) is 1.11. The Balaban J connectivity index is 0.950. The second-order valence-corrected chi connectivity index (χ2v) is 23.5.